The van der Waals surface area contributed by atoms with Crippen LogP contribution in [0.25, 0.3) is 0 Å². The maximum absolute atomic E-state index is 12.2. The number of anilines is 1. The minimum absolute atomic E-state index is 0.262. The lowest BCUT2D eigenvalue weighted by Crippen LogP contribution is -2.19. The molecule has 0 spiro atoms. The quantitative estimate of drug-likeness (QED) is 0.866. The van der Waals surface area contributed by atoms with E-state index in [-0.39, 0.29) is 18.1 Å². The van der Waals surface area contributed by atoms with E-state index in [1.165, 1.54) is 4.57 Å². The molecule has 6 nitrogen and oxygen atoms in total. The standard InChI is InChI=1S/C14H13BrN2O4/c1-21-12-5-4-9(7-10(12)15)16-14(20)11-3-2-6-17(11)8-13(18)19/h2-7H,8H2,1H3,(H,16,20)(H,18,19). The number of nitrogens with zero attached hydrogens (tertiary/aromatic N) is 1. The van der Waals surface area contributed by atoms with Gasteiger partial charge in [-0.05, 0) is 46.3 Å². The Bertz CT molecular complexity index is 681. The summed E-state index contributed by atoms with van der Waals surface area (Å²) in [7, 11) is 1.55. The first kappa shape index (κ1) is 15.1. The molecule has 1 aromatic heterocycles. The van der Waals surface area contributed by atoms with Gasteiger partial charge in [-0.2, -0.15) is 0 Å². The van der Waals surface area contributed by atoms with Crippen molar-refractivity contribution in [1.29, 1.82) is 0 Å². The monoisotopic (exact) mass is 352 g/mol. The molecule has 0 radical (unpaired) electrons. The van der Waals surface area contributed by atoms with Crippen molar-refractivity contribution in [1.82, 2.24) is 4.57 Å². The second-order valence-electron chi connectivity index (χ2n) is 4.22. The van der Waals surface area contributed by atoms with Crippen LogP contribution in [0.2, 0.25) is 0 Å². The summed E-state index contributed by atoms with van der Waals surface area (Å²) in [5, 5.41) is 11.5. The number of aliphatic carboxylic acids is 1. The van der Waals surface area contributed by atoms with Crippen molar-refractivity contribution in [2.45, 2.75) is 6.54 Å². The lowest BCUT2D eigenvalue weighted by atomic mass is 10.3. The van der Waals surface area contributed by atoms with Gasteiger partial charge in [0.15, 0.2) is 0 Å². The molecule has 0 fully saturated rings. The lowest BCUT2D eigenvalue weighted by Gasteiger charge is -2.09. The maximum Gasteiger partial charge on any atom is 0.323 e. The summed E-state index contributed by atoms with van der Waals surface area (Å²) in [4.78, 5) is 22.9. The molecule has 0 aliphatic rings. The van der Waals surface area contributed by atoms with E-state index in [0.29, 0.717) is 15.9 Å². The number of carboxylic acids is 1. The number of carbonyl (C=O) groups is 2. The van der Waals surface area contributed by atoms with Gasteiger partial charge >= 0.3 is 5.97 Å². The van der Waals surface area contributed by atoms with Gasteiger partial charge in [0.25, 0.3) is 5.91 Å². The van der Waals surface area contributed by atoms with Crippen LogP contribution in [0.1, 0.15) is 10.5 Å². The molecule has 2 rings (SSSR count). The summed E-state index contributed by atoms with van der Waals surface area (Å²) < 4.78 is 7.19. The molecule has 7 heteroatoms. The van der Waals surface area contributed by atoms with E-state index < -0.39 is 5.97 Å². The third kappa shape index (κ3) is 3.63. The molecular formula is C14H13BrN2O4. The van der Waals surface area contributed by atoms with Crippen LogP contribution in [0, 0.1) is 0 Å². The van der Waals surface area contributed by atoms with Crippen LogP contribution in [0.3, 0.4) is 0 Å². The summed E-state index contributed by atoms with van der Waals surface area (Å²) in [5.74, 6) is -0.729. The molecule has 1 amide bonds. The Balaban J connectivity index is 2.16. The molecule has 0 saturated heterocycles. The summed E-state index contributed by atoms with van der Waals surface area (Å²) in [6, 6.07) is 8.32. The number of aromatic nitrogens is 1. The number of amides is 1. The fraction of sp³-hybridized carbons (Fsp3) is 0.143. The number of hydrogen-bond donors (Lipinski definition) is 2. The fourth-order valence-corrected chi connectivity index (χ4v) is 2.38. The van der Waals surface area contributed by atoms with Gasteiger partial charge < -0.3 is 19.7 Å². The molecule has 21 heavy (non-hydrogen) atoms. The van der Waals surface area contributed by atoms with Crippen molar-refractivity contribution in [2.75, 3.05) is 12.4 Å². The number of carboxylic acid groups (broad SMARTS) is 1. The summed E-state index contributed by atoms with van der Waals surface area (Å²) in [6.45, 7) is -0.262. The Hall–Kier alpha value is -2.28. The highest BCUT2D eigenvalue weighted by atomic mass is 79.9. The van der Waals surface area contributed by atoms with Crippen LogP contribution in [0.4, 0.5) is 5.69 Å². The molecule has 0 unspecified atom stereocenters. The second-order valence-corrected chi connectivity index (χ2v) is 5.07. The predicted molar refractivity (Wildman–Crippen MR) is 80.7 cm³/mol. The van der Waals surface area contributed by atoms with Gasteiger partial charge in [0, 0.05) is 11.9 Å². The van der Waals surface area contributed by atoms with Crippen LogP contribution >= 0.6 is 15.9 Å². The van der Waals surface area contributed by atoms with Crippen LogP contribution < -0.4 is 10.1 Å². The van der Waals surface area contributed by atoms with Crippen molar-refractivity contribution >= 4 is 33.5 Å². The Morgan fingerprint density at radius 3 is 2.76 bits per heavy atom. The zero-order valence-corrected chi connectivity index (χ0v) is 12.8. The van der Waals surface area contributed by atoms with Crippen LogP contribution in [0.5, 0.6) is 5.75 Å². The van der Waals surface area contributed by atoms with E-state index in [1.807, 2.05) is 0 Å². The minimum atomic E-state index is -1.01. The number of ether oxygens (including phenoxy) is 1. The highest BCUT2D eigenvalue weighted by Crippen LogP contribution is 2.27. The van der Waals surface area contributed by atoms with Gasteiger partial charge in [-0.25, -0.2) is 0 Å². The molecule has 1 aromatic carbocycles. The largest absolute Gasteiger partial charge is 0.496 e. The number of carbonyl (C=O) groups excluding carboxylic acids is 1. The molecule has 0 saturated carbocycles. The highest BCUT2D eigenvalue weighted by molar-refractivity contribution is 9.10. The Morgan fingerprint density at radius 1 is 1.38 bits per heavy atom. The third-order valence-corrected chi connectivity index (χ3v) is 3.40. The molecule has 0 bridgehead atoms. The first-order valence-electron chi connectivity index (χ1n) is 6.03. The van der Waals surface area contributed by atoms with Gasteiger partial charge in [0.1, 0.15) is 18.0 Å². The molecule has 1 heterocycles. The van der Waals surface area contributed by atoms with Gasteiger partial charge in [-0.1, -0.05) is 0 Å². The number of halogens is 1. The van der Waals surface area contributed by atoms with E-state index in [4.69, 9.17) is 9.84 Å². The predicted octanol–water partition coefficient (Wildman–Crippen LogP) is 2.60. The molecule has 110 valence electrons. The van der Waals surface area contributed by atoms with E-state index in [9.17, 15) is 9.59 Å². The van der Waals surface area contributed by atoms with E-state index in [2.05, 4.69) is 21.2 Å². The van der Waals surface area contributed by atoms with Crippen molar-refractivity contribution < 1.29 is 19.4 Å². The van der Waals surface area contributed by atoms with Gasteiger partial charge in [0.2, 0.25) is 0 Å². The summed E-state index contributed by atoms with van der Waals surface area (Å²) >= 11 is 3.33. The topological polar surface area (TPSA) is 80.6 Å². The maximum atomic E-state index is 12.2. The van der Waals surface area contributed by atoms with Gasteiger partial charge in [-0.3, -0.25) is 9.59 Å². The summed E-state index contributed by atoms with van der Waals surface area (Å²) in [6.07, 6.45) is 1.55. The lowest BCUT2D eigenvalue weighted by molar-refractivity contribution is -0.137. The Labute approximate surface area is 129 Å². The van der Waals surface area contributed by atoms with Crippen LogP contribution in [0.15, 0.2) is 41.0 Å². The number of benzene rings is 1. The fourth-order valence-electron chi connectivity index (χ4n) is 1.84. The SMILES string of the molecule is COc1ccc(NC(=O)c2cccn2CC(=O)O)cc1Br. The zero-order valence-electron chi connectivity index (χ0n) is 11.2. The molecule has 0 aliphatic heterocycles. The van der Waals surface area contributed by atoms with Crippen LogP contribution in [-0.4, -0.2) is 28.7 Å². The molecule has 2 N–H and O–H groups in total. The van der Waals surface area contributed by atoms with Crippen molar-refractivity contribution in [2.24, 2.45) is 0 Å². The normalized spacial score (nSPS) is 10.2. The Kier molecular flexibility index (Phi) is 4.64. The van der Waals surface area contributed by atoms with Crippen molar-refractivity contribution in [3.05, 3.63) is 46.7 Å². The Morgan fingerprint density at radius 2 is 2.14 bits per heavy atom. The molecule has 0 aliphatic carbocycles. The first-order chi connectivity index (χ1) is 10.0. The van der Waals surface area contributed by atoms with Crippen molar-refractivity contribution in [3.8, 4) is 5.75 Å². The second kappa shape index (κ2) is 6.45. The highest BCUT2D eigenvalue weighted by Gasteiger charge is 2.13. The van der Waals surface area contributed by atoms with Gasteiger partial charge in [-0.15, -0.1) is 0 Å². The van der Waals surface area contributed by atoms with Crippen molar-refractivity contribution in [3.63, 3.8) is 0 Å². The van der Waals surface area contributed by atoms with E-state index in [1.54, 1.807) is 43.6 Å². The van der Waals surface area contributed by atoms with Gasteiger partial charge in [0.05, 0.1) is 11.6 Å². The smallest absolute Gasteiger partial charge is 0.323 e. The first-order valence-corrected chi connectivity index (χ1v) is 6.82. The van der Waals surface area contributed by atoms with Crippen LogP contribution in [-0.2, 0) is 11.3 Å². The molecular weight excluding hydrogens is 340 g/mol. The average Bonchev–Trinajstić information content (AvgIpc) is 2.86. The number of rotatable bonds is 5. The molecule has 0 atom stereocenters. The zero-order chi connectivity index (χ0) is 15.4. The van der Waals surface area contributed by atoms with E-state index in [0.717, 1.165) is 0 Å². The molecule has 2 aromatic rings. The summed E-state index contributed by atoms with van der Waals surface area (Å²) in [5.41, 5.74) is 0.861. The number of methoxy groups -OCH3 is 1. The minimum Gasteiger partial charge on any atom is -0.496 e. The number of nitrogens with one attached hydrogen (secondary N) is 1. The van der Waals surface area contributed by atoms with E-state index >= 15 is 0 Å². The number of hydrogen-bond acceptors (Lipinski definition) is 3. The third-order valence-electron chi connectivity index (χ3n) is 2.78. The average molecular weight is 353 g/mol.